The van der Waals surface area contributed by atoms with Crippen LogP contribution in [0.1, 0.15) is 24.5 Å². The highest BCUT2D eigenvalue weighted by Crippen LogP contribution is 2.27. The SMILES string of the molecule is COc1ccc(NC(=O)N2CC/C(=C\c3cc(C)cc(Cl)c3)C(C)C2)cn1. The largest absolute Gasteiger partial charge is 0.481 e. The van der Waals surface area contributed by atoms with E-state index in [2.05, 4.69) is 29.4 Å². The molecular formula is C21H24ClN3O2. The van der Waals surface area contributed by atoms with Gasteiger partial charge in [-0.1, -0.05) is 36.2 Å². The molecule has 0 spiro atoms. The van der Waals surface area contributed by atoms with Gasteiger partial charge in [0.1, 0.15) is 0 Å². The molecule has 6 heteroatoms. The number of likely N-dealkylation sites (tertiary alicyclic amines) is 1. The van der Waals surface area contributed by atoms with E-state index in [4.69, 9.17) is 16.3 Å². The molecule has 2 heterocycles. The molecule has 1 aromatic heterocycles. The zero-order chi connectivity index (χ0) is 19.4. The zero-order valence-electron chi connectivity index (χ0n) is 15.8. The van der Waals surface area contributed by atoms with E-state index in [9.17, 15) is 4.79 Å². The lowest BCUT2D eigenvalue weighted by molar-refractivity contribution is 0.198. The third-order valence-electron chi connectivity index (χ3n) is 4.70. The Morgan fingerprint density at radius 1 is 1.37 bits per heavy atom. The monoisotopic (exact) mass is 385 g/mol. The van der Waals surface area contributed by atoms with Crippen molar-refractivity contribution in [3.63, 3.8) is 0 Å². The van der Waals surface area contributed by atoms with Crippen LogP contribution >= 0.6 is 11.6 Å². The first-order valence-corrected chi connectivity index (χ1v) is 9.36. The Balaban J connectivity index is 1.63. The van der Waals surface area contributed by atoms with Gasteiger partial charge in [-0.2, -0.15) is 0 Å². The molecule has 3 rings (SSSR count). The van der Waals surface area contributed by atoms with Gasteiger partial charge in [-0.05, 0) is 48.6 Å². The first-order chi connectivity index (χ1) is 12.9. The summed E-state index contributed by atoms with van der Waals surface area (Å²) in [4.78, 5) is 18.5. The number of benzene rings is 1. The van der Waals surface area contributed by atoms with Crippen molar-refractivity contribution in [2.45, 2.75) is 20.3 Å². The maximum absolute atomic E-state index is 12.5. The Hall–Kier alpha value is -2.53. The lowest BCUT2D eigenvalue weighted by Crippen LogP contribution is -2.42. The molecule has 0 radical (unpaired) electrons. The fourth-order valence-corrected chi connectivity index (χ4v) is 3.59. The van der Waals surface area contributed by atoms with Crippen molar-refractivity contribution >= 4 is 29.4 Å². The van der Waals surface area contributed by atoms with E-state index in [1.165, 1.54) is 5.57 Å². The number of anilines is 1. The summed E-state index contributed by atoms with van der Waals surface area (Å²) in [6, 6.07) is 9.46. The minimum absolute atomic E-state index is 0.105. The first kappa shape index (κ1) is 19.2. The number of urea groups is 1. The Morgan fingerprint density at radius 3 is 2.81 bits per heavy atom. The maximum atomic E-state index is 12.5. The summed E-state index contributed by atoms with van der Waals surface area (Å²) in [6.07, 6.45) is 4.64. The molecule has 0 aliphatic carbocycles. The fraction of sp³-hybridized carbons (Fsp3) is 0.333. The van der Waals surface area contributed by atoms with Crippen LogP contribution in [0.15, 0.2) is 42.1 Å². The van der Waals surface area contributed by atoms with Crippen LogP contribution in [0.2, 0.25) is 5.02 Å². The number of carbonyl (C=O) groups is 1. The van der Waals surface area contributed by atoms with Gasteiger partial charge in [-0.15, -0.1) is 0 Å². The van der Waals surface area contributed by atoms with Crippen LogP contribution in [-0.2, 0) is 0 Å². The normalized spacial score (nSPS) is 18.4. The molecule has 1 aliphatic heterocycles. The van der Waals surface area contributed by atoms with E-state index < -0.39 is 0 Å². The van der Waals surface area contributed by atoms with Crippen LogP contribution < -0.4 is 10.1 Å². The molecule has 0 bridgehead atoms. The standard InChI is InChI=1S/C21H24ClN3O2/c1-14-8-16(11-18(22)9-14)10-17-6-7-25(13-15(17)2)21(26)24-19-4-5-20(27-3)23-12-19/h4-5,8-12,15H,6-7,13H2,1-3H3,(H,24,26)/b17-10+. The Kier molecular flexibility index (Phi) is 6.01. The second-order valence-corrected chi connectivity index (χ2v) is 7.33. The molecule has 1 atom stereocenters. The zero-order valence-corrected chi connectivity index (χ0v) is 16.6. The van der Waals surface area contributed by atoms with Gasteiger partial charge in [0, 0.05) is 24.2 Å². The minimum atomic E-state index is -0.105. The molecule has 1 unspecified atom stereocenters. The summed E-state index contributed by atoms with van der Waals surface area (Å²) in [5, 5.41) is 3.64. The van der Waals surface area contributed by atoms with Gasteiger partial charge in [-0.3, -0.25) is 0 Å². The number of hydrogen-bond donors (Lipinski definition) is 1. The van der Waals surface area contributed by atoms with E-state index in [0.29, 0.717) is 24.7 Å². The lowest BCUT2D eigenvalue weighted by Gasteiger charge is -2.33. The van der Waals surface area contributed by atoms with E-state index >= 15 is 0 Å². The third-order valence-corrected chi connectivity index (χ3v) is 4.92. The van der Waals surface area contributed by atoms with Gasteiger partial charge in [0.2, 0.25) is 5.88 Å². The molecule has 1 saturated heterocycles. The number of halogens is 1. The van der Waals surface area contributed by atoms with Crippen molar-refractivity contribution in [3.8, 4) is 5.88 Å². The van der Waals surface area contributed by atoms with Gasteiger partial charge in [0.15, 0.2) is 0 Å². The van der Waals surface area contributed by atoms with E-state index in [1.807, 2.05) is 24.0 Å². The van der Waals surface area contributed by atoms with Crippen LogP contribution in [-0.4, -0.2) is 36.1 Å². The number of amides is 2. The molecule has 27 heavy (non-hydrogen) atoms. The minimum Gasteiger partial charge on any atom is -0.481 e. The van der Waals surface area contributed by atoms with Crippen molar-refractivity contribution in [2.24, 2.45) is 5.92 Å². The number of piperidine rings is 1. The maximum Gasteiger partial charge on any atom is 0.321 e. The Bertz CT molecular complexity index is 829. The second-order valence-electron chi connectivity index (χ2n) is 6.90. The van der Waals surface area contributed by atoms with Crippen LogP contribution in [0.3, 0.4) is 0 Å². The Labute approximate surface area is 165 Å². The highest BCUT2D eigenvalue weighted by Gasteiger charge is 2.24. The molecule has 1 fully saturated rings. The fourth-order valence-electron chi connectivity index (χ4n) is 3.29. The van der Waals surface area contributed by atoms with Crippen molar-refractivity contribution in [3.05, 3.63) is 58.3 Å². The quantitative estimate of drug-likeness (QED) is 0.807. The van der Waals surface area contributed by atoms with Crippen molar-refractivity contribution in [1.82, 2.24) is 9.88 Å². The number of nitrogens with one attached hydrogen (secondary N) is 1. The molecule has 1 aromatic carbocycles. The molecule has 1 N–H and O–H groups in total. The summed E-state index contributed by atoms with van der Waals surface area (Å²) in [7, 11) is 1.56. The average molecular weight is 386 g/mol. The number of ether oxygens (including phenoxy) is 1. The van der Waals surface area contributed by atoms with Crippen LogP contribution in [0, 0.1) is 12.8 Å². The topological polar surface area (TPSA) is 54.5 Å². The lowest BCUT2D eigenvalue weighted by atomic mass is 9.91. The molecule has 2 amide bonds. The van der Waals surface area contributed by atoms with Crippen LogP contribution in [0.25, 0.3) is 6.08 Å². The first-order valence-electron chi connectivity index (χ1n) is 8.98. The van der Waals surface area contributed by atoms with Crippen molar-refractivity contribution < 1.29 is 9.53 Å². The predicted octanol–water partition coefficient (Wildman–Crippen LogP) is 5.01. The smallest absolute Gasteiger partial charge is 0.321 e. The van der Waals surface area contributed by atoms with E-state index in [0.717, 1.165) is 22.6 Å². The van der Waals surface area contributed by atoms with Gasteiger partial charge < -0.3 is 15.0 Å². The van der Waals surface area contributed by atoms with E-state index in [-0.39, 0.29) is 11.9 Å². The van der Waals surface area contributed by atoms with Crippen LogP contribution in [0.5, 0.6) is 5.88 Å². The van der Waals surface area contributed by atoms with Gasteiger partial charge >= 0.3 is 6.03 Å². The molecule has 1 aliphatic rings. The average Bonchev–Trinajstić information content (AvgIpc) is 2.63. The molecule has 142 valence electrons. The molecule has 0 saturated carbocycles. The Morgan fingerprint density at radius 2 is 2.19 bits per heavy atom. The van der Waals surface area contributed by atoms with Crippen molar-refractivity contribution in [2.75, 3.05) is 25.5 Å². The number of hydrogen-bond acceptors (Lipinski definition) is 3. The second kappa shape index (κ2) is 8.44. The summed E-state index contributed by atoms with van der Waals surface area (Å²) >= 11 is 6.16. The van der Waals surface area contributed by atoms with Gasteiger partial charge in [0.05, 0.1) is 19.0 Å². The van der Waals surface area contributed by atoms with Crippen molar-refractivity contribution in [1.29, 1.82) is 0 Å². The summed E-state index contributed by atoms with van der Waals surface area (Å²) in [5.41, 5.74) is 4.26. The number of nitrogens with zero attached hydrogens (tertiary/aromatic N) is 2. The van der Waals surface area contributed by atoms with Gasteiger partial charge in [-0.25, -0.2) is 9.78 Å². The molecular weight excluding hydrogens is 362 g/mol. The predicted molar refractivity (Wildman–Crippen MR) is 109 cm³/mol. The molecule has 5 nitrogen and oxygen atoms in total. The highest BCUT2D eigenvalue weighted by molar-refractivity contribution is 6.30. The van der Waals surface area contributed by atoms with Gasteiger partial charge in [0.25, 0.3) is 0 Å². The third kappa shape index (κ3) is 5.01. The number of aryl methyl sites for hydroxylation is 1. The number of carbonyl (C=O) groups excluding carboxylic acids is 1. The number of pyridine rings is 1. The summed E-state index contributed by atoms with van der Waals surface area (Å²) in [6.45, 7) is 5.56. The number of aromatic nitrogens is 1. The number of rotatable bonds is 3. The van der Waals surface area contributed by atoms with Crippen LogP contribution in [0.4, 0.5) is 10.5 Å². The van der Waals surface area contributed by atoms with E-state index in [1.54, 1.807) is 25.4 Å². The number of methoxy groups -OCH3 is 1. The summed E-state index contributed by atoms with van der Waals surface area (Å²) < 4.78 is 5.03. The molecule has 2 aromatic rings. The summed E-state index contributed by atoms with van der Waals surface area (Å²) in [5.74, 6) is 0.809. The highest BCUT2D eigenvalue weighted by atomic mass is 35.5.